The number of amides is 1. The molecule has 10 nitrogen and oxygen atoms in total. The molecule has 2 heterocycles. The molecular weight excluding hydrogens is 432 g/mol. The first kappa shape index (κ1) is 21.0. The molecule has 2 aromatic heterocycles. The zero-order valence-electron chi connectivity index (χ0n) is 16.8. The maximum atomic E-state index is 12.6. The highest BCUT2D eigenvalue weighted by Gasteiger charge is 2.17. The van der Waals surface area contributed by atoms with Gasteiger partial charge < -0.3 is 10.1 Å². The topological polar surface area (TPSA) is 139 Å². The van der Waals surface area contributed by atoms with Gasteiger partial charge in [0, 0.05) is 23.6 Å². The highest BCUT2D eigenvalue weighted by atomic mass is 32.2. The van der Waals surface area contributed by atoms with E-state index in [0.29, 0.717) is 17.1 Å². The molecule has 0 saturated carbocycles. The van der Waals surface area contributed by atoms with Gasteiger partial charge in [-0.05, 0) is 48.5 Å². The highest BCUT2D eigenvalue weighted by molar-refractivity contribution is 7.92. The Balaban J connectivity index is 1.46. The molecule has 0 aliphatic heterocycles. The molecule has 0 bridgehead atoms. The highest BCUT2D eigenvalue weighted by Crippen LogP contribution is 2.28. The summed E-state index contributed by atoms with van der Waals surface area (Å²) in [5.74, 6) is 0.178. The van der Waals surface area contributed by atoms with Gasteiger partial charge in [0.2, 0.25) is 5.95 Å². The van der Waals surface area contributed by atoms with Gasteiger partial charge in [-0.25, -0.2) is 23.1 Å². The Kier molecular flexibility index (Phi) is 5.81. The second kappa shape index (κ2) is 8.86. The molecule has 2 aromatic carbocycles. The Labute approximate surface area is 183 Å². The summed E-state index contributed by atoms with van der Waals surface area (Å²) in [6.07, 6.45) is 2.86. The van der Waals surface area contributed by atoms with Crippen LogP contribution in [0.5, 0.6) is 5.75 Å². The summed E-state index contributed by atoms with van der Waals surface area (Å²) < 4.78 is 32.5. The van der Waals surface area contributed by atoms with E-state index in [2.05, 4.69) is 30.2 Å². The van der Waals surface area contributed by atoms with E-state index in [-0.39, 0.29) is 16.5 Å². The van der Waals surface area contributed by atoms with Crippen LogP contribution in [-0.4, -0.2) is 41.6 Å². The van der Waals surface area contributed by atoms with Crippen LogP contribution in [-0.2, 0) is 10.0 Å². The largest absolute Gasteiger partial charge is 0.496 e. The number of rotatable bonds is 7. The smallest absolute Gasteiger partial charge is 0.273 e. The Morgan fingerprint density at radius 3 is 2.44 bits per heavy atom. The van der Waals surface area contributed by atoms with Crippen LogP contribution in [0.2, 0.25) is 0 Å². The molecule has 0 atom stereocenters. The fourth-order valence-electron chi connectivity index (χ4n) is 2.88. The van der Waals surface area contributed by atoms with Gasteiger partial charge in [-0.1, -0.05) is 12.1 Å². The molecule has 0 unspecified atom stereocenters. The Bertz CT molecular complexity index is 1340. The van der Waals surface area contributed by atoms with E-state index >= 15 is 0 Å². The maximum absolute atomic E-state index is 12.6. The van der Waals surface area contributed by atoms with Crippen LogP contribution in [0.3, 0.4) is 0 Å². The minimum atomic E-state index is -3.86. The average molecular weight is 450 g/mol. The van der Waals surface area contributed by atoms with E-state index in [9.17, 15) is 13.2 Å². The number of sulfonamides is 1. The zero-order chi connectivity index (χ0) is 22.6. The van der Waals surface area contributed by atoms with Crippen LogP contribution >= 0.6 is 0 Å². The number of H-pyrrole nitrogens is 1. The monoisotopic (exact) mass is 450 g/mol. The number of ether oxygens (including phenoxy) is 1. The average Bonchev–Trinajstić information content (AvgIpc) is 3.30. The quantitative estimate of drug-likeness (QED) is 0.393. The first-order valence-electron chi connectivity index (χ1n) is 9.36. The molecule has 4 rings (SSSR count). The van der Waals surface area contributed by atoms with Crippen molar-refractivity contribution in [3.05, 3.63) is 78.8 Å². The molecule has 32 heavy (non-hydrogen) atoms. The lowest BCUT2D eigenvalue weighted by Gasteiger charge is -2.08. The molecule has 0 radical (unpaired) electrons. The van der Waals surface area contributed by atoms with E-state index in [4.69, 9.17) is 4.74 Å². The number of hydrogen-bond acceptors (Lipinski definition) is 7. The van der Waals surface area contributed by atoms with Gasteiger partial charge in [0.15, 0.2) is 0 Å². The van der Waals surface area contributed by atoms with Gasteiger partial charge in [0.1, 0.15) is 11.4 Å². The van der Waals surface area contributed by atoms with Crippen LogP contribution in [0.15, 0.2) is 78.0 Å². The summed E-state index contributed by atoms with van der Waals surface area (Å²) in [7, 11) is -2.30. The van der Waals surface area contributed by atoms with Crippen molar-refractivity contribution in [3.8, 4) is 17.0 Å². The van der Waals surface area contributed by atoms with Crippen molar-refractivity contribution in [2.24, 2.45) is 0 Å². The molecule has 1 amide bonds. The number of nitrogens with one attached hydrogen (secondary N) is 3. The summed E-state index contributed by atoms with van der Waals surface area (Å²) in [5, 5.41) is 9.58. The molecular formula is C21H18N6O4S. The van der Waals surface area contributed by atoms with Crippen LogP contribution in [0.25, 0.3) is 11.3 Å². The molecule has 0 spiro atoms. The van der Waals surface area contributed by atoms with Crippen LogP contribution in [0, 0.1) is 0 Å². The number of carbonyl (C=O) groups is 1. The number of para-hydroxylation sites is 1. The number of hydrogen-bond donors (Lipinski definition) is 3. The van der Waals surface area contributed by atoms with Gasteiger partial charge >= 0.3 is 0 Å². The number of nitrogens with zero attached hydrogens (tertiary/aromatic N) is 3. The number of carbonyl (C=O) groups excluding carboxylic acids is 1. The van der Waals surface area contributed by atoms with E-state index in [1.165, 1.54) is 36.7 Å². The van der Waals surface area contributed by atoms with E-state index in [1.807, 2.05) is 18.2 Å². The van der Waals surface area contributed by atoms with Crippen molar-refractivity contribution in [1.82, 2.24) is 20.2 Å². The maximum Gasteiger partial charge on any atom is 0.273 e. The number of aromatic amines is 1. The van der Waals surface area contributed by atoms with Crippen molar-refractivity contribution in [2.45, 2.75) is 4.90 Å². The van der Waals surface area contributed by atoms with Gasteiger partial charge in [0.05, 0.1) is 17.7 Å². The lowest BCUT2D eigenvalue weighted by Crippen LogP contribution is -2.15. The summed E-state index contributed by atoms with van der Waals surface area (Å²) in [5.41, 5.74) is 1.96. The Morgan fingerprint density at radius 1 is 1.00 bits per heavy atom. The zero-order valence-corrected chi connectivity index (χ0v) is 17.6. The van der Waals surface area contributed by atoms with Crippen molar-refractivity contribution in [2.75, 3.05) is 17.1 Å². The summed E-state index contributed by atoms with van der Waals surface area (Å²) in [4.78, 5) is 20.3. The van der Waals surface area contributed by atoms with Crippen LogP contribution in [0.1, 0.15) is 10.5 Å². The molecule has 3 N–H and O–H groups in total. The van der Waals surface area contributed by atoms with Crippen molar-refractivity contribution < 1.29 is 17.9 Å². The summed E-state index contributed by atoms with van der Waals surface area (Å²) >= 11 is 0. The van der Waals surface area contributed by atoms with Gasteiger partial charge in [-0.15, -0.1) is 0 Å². The number of benzene rings is 2. The van der Waals surface area contributed by atoms with Crippen molar-refractivity contribution in [1.29, 1.82) is 0 Å². The van der Waals surface area contributed by atoms with E-state index in [1.54, 1.807) is 25.3 Å². The molecule has 0 fully saturated rings. The third-order valence-corrected chi connectivity index (χ3v) is 5.76. The standard InChI is InChI=1S/C21H18N6O4S/c1-31-19-6-3-2-5-16(19)17-13-18(26-25-17)20(28)24-14-7-9-15(10-8-14)32(29,30)27-21-22-11-4-12-23-21/h2-13H,1H3,(H,24,28)(H,25,26)(H,22,23,27). The predicted molar refractivity (Wildman–Crippen MR) is 118 cm³/mol. The lowest BCUT2D eigenvalue weighted by atomic mass is 10.1. The first-order chi connectivity index (χ1) is 15.5. The van der Waals surface area contributed by atoms with Crippen LogP contribution in [0.4, 0.5) is 11.6 Å². The predicted octanol–water partition coefficient (Wildman–Crippen LogP) is 2.93. The minimum Gasteiger partial charge on any atom is -0.496 e. The third kappa shape index (κ3) is 4.57. The molecule has 11 heteroatoms. The number of methoxy groups -OCH3 is 1. The number of anilines is 2. The first-order valence-corrected chi connectivity index (χ1v) is 10.8. The Hall–Kier alpha value is -4.25. The van der Waals surface area contributed by atoms with E-state index < -0.39 is 15.9 Å². The SMILES string of the molecule is COc1ccccc1-c1cc(C(=O)Nc2ccc(S(=O)(=O)Nc3ncccn3)cc2)[nH]n1. The lowest BCUT2D eigenvalue weighted by molar-refractivity contribution is 0.102. The van der Waals surface area contributed by atoms with Gasteiger partial charge in [-0.2, -0.15) is 5.10 Å². The van der Waals surface area contributed by atoms with E-state index in [0.717, 1.165) is 5.56 Å². The second-order valence-electron chi connectivity index (χ2n) is 6.52. The minimum absolute atomic E-state index is 0.00273. The van der Waals surface area contributed by atoms with Gasteiger partial charge in [0.25, 0.3) is 15.9 Å². The van der Waals surface area contributed by atoms with Crippen LogP contribution < -0.4 is 14.8 Å². The second-order valence-corrected chi connectivity index (χ2v) is 8.21. The van der Waals surface area contributed by atoms with Crippen molar-refractivity contribution in [3.63, 3.8) is 0 Å². The molecule has 4 aromatic rings. The fourth-order valence-corrected chi connectivity index (χ4v) is 3.84. The number of aromatic nitrogens is 4. The molecule has 162 valence electrons. The van der Waals surface area contributed by atoms with Gasteiger partial charge in [-0.3, -0.25) is 9.89 Å². The summed E-state index contributed by atoms with van der Waals surface area (Å²) in [6, 6.07) is 16.2. The Morgan fingerprint density at radius 2 is 1.72 bits per heavy atom. The molecule has 0 saturated heterocycles. The fraction of sp³-hybridized carbons (Fsp3) is 0.0476. The third-order valence-electron chi connectivity index (χ3n) is 4.42. The molecule has 0 aliphatic carbocycles. The summed E-state index contributed by atoms with van der Waals surface area (Å²) in [6.45, 7) is 0. The molecule has 0 aliphatic rings. The van der Waals surface area contributed by atoms with Crippen molar-refractivity contribution >= 4 is 27.6 Å². The normalized spacial score (nSPS) is 11.0.